The number of esters is 1. The summed E-state index contributed by atoms with van der Waals surface area (Å²) in [4.78, 5) is 10.9. The molecule has 4 heteroatoms. The highest BCUT2D eigenvalue weighted by Crippen LogP contribution is 2.17. The van der Waals surface area contributed by atoms with Crippen molar-refractivity contribution in [1.82, 2.24) is 0 Å². The van der Waals surface area contributed by atoms with E-state index in [1.807, 2.05) is 43.3 Å². The summed E-state index contributed by atoms with van der Waals surface area (Å²) in [6.07, 6.45) is 2.63. The minimum atomic E-state index is -0.401. The van der Waals surface area contributed by atoms with E-state index in [2.05, 4.69) is 0 Å². The molecule has 0 unspecified atom stereocenters. The van der Waals surface area contributed by atoms with Crippen LogP contribution in [0.3, 0.4) is 0 Å². The monoisotopic (exact) mass is 262 g/mol. The van der Waals surface area contributed by atoms with Crippen molar-refractivity contribution in [2.45, 2.75) is 39.0 Å². The maximum Gasteiger partial charge on any atom is 0.303 e. The first-order valence-electron chi connectivity index (χ1n) is 6.31. The van der Waals surface area contributed by atoms with Gasteiger partial charge in [-0.05, 0) is 24.6 Å². The minimum absolute atomic E-state index is 0.213. The molecule has 0 saturated carbocycles. The predicted molar refractivity (Wildman–Crippen MR) is 70.3 cm³/mol. The van der Waals surface area contributed by atoms with E-state index in [-0.39, 0.29) is 18.2 Å². The zero-order valence-electron chi connectivity index (χ0n) is 11.1. The van der Waals surface area contributed by atoms with Crippen LogP contribution in [0.5, 0.6) is 0 Å². The lowest BCUT2D eigenvalue weighted by Gasteiger charge is -2.29. The standard InChI is InChI=1S/C15H18O4/c1-11-14(19-12(2)16)8-9-15(18-11)17-10-13-6-4-3-5-7-13/h3-9,11,14-15H,10H2,1-2H3/t11-,14+,15+/m1/s1. The van der Waals surface area contributed by atoms with Gasteiger partial charge in [0.2, 0.25) is 0 Å². The van der Waals surface area contributed by atoms with E-state index in [0.717, 1.165) is 5.56 Å². The molecule has 0 radical (unpaired) electrons. The average molecular weight is 262 g/mol. The summed E-state index contributed by atoms with van der Waals surface area (Å²) in [5.74, 6) is -0.311. The van der Waals surface area contributed by atoms with E-state index in [1.165, 1.54) is 6.92 Å². The normalized spacial score (nSPS) is 26.1. The lowest BCUT2D eigenvalue weighted by atomic mass is 10.1. The molecule has 19 heavy (non-hydrogen) atoms. The van der Waals surface area contributed by atoms with E-state index in [4.69, 9.17) is 14.2 Å². The van der Waals surface area contributed by atoms with Gasteiger partial charge in [0, 0.05) is 6.92 Å². The maximum absolute atomic E-state index is 10.9. The van der Waals surface area contributed by atoms with E-state index < -0.39 is 6.29 Å². The van der Waals surface area contributed by atoms with Gasteiger partial charge in [-0.15, -0.1) is 0 Å². The maximum atomic E-state index is 10.9. The highest BCUT2D eigenvalue weighted by Gasteiger charge is 2.26. The van der Waals surface area contributed by atoms with Gasteiger partial charge in [0.05, 0.1) is 12.7 Å². The second kappa shape index (κ2) is 6.50. The van der Waals surface area contributed by atoms with Crippen molar-refractivity contribution < 1.29 is 19.0 Å². The molecule has 4 nitrogen and oxygen atoms in total. The van der Waals surface area contributed by atoms with E-state index >= 15 is 0 Å². The predicted octanol–water partition coefficient (Wildman–Crippen LogP) is 2.44. The molecule has 0 N–H and O–H groups in total. The van der Waals surface area contributed by atoms with Gasteiger partial charge in [-0.3, -0.25) is 4.79 Å². The Morgan fingerprint density at radius 1 is 1.26 bits per heavy atom. The van der Waals surface area contributed by atoms with Gasteiger partial charge in [-0.25, -0.2) is 0 Å². The molecule has 102 valence electrons. The van der Waals surface area contributed by atoms with Crippen LogP contribution in [0.1, 0.15) is 19.4 Å². The van der Waals surface area contributed by atoms with Gasteiger partial charge in [0.1, 0.15) is 6.10 Å². The molecule has 1 heterocycles. The Kier molecular flexibility index (Phi) is 4.71. The van der Waals surface area contributed by atoms with Gasteiger partial charge < -0.3 is 14.2 Å². The van der Waals surface area contributed by atoms with Gasteiger partial charge in [0.15, 0.2) is 6.29 Å². The molecule has 0 bridgehead atoms. The molecule has 0 saturated heterocycles. The number of rotatable bonds is 4. The molecule has 0 aromatic heterocycles. The number of benzene rings is 1. The highest BCUT2D eigenvalue weighted by atomic mass is 16.7. The van der Waals surface area contributed by atoms with Crippen molar-refractivity contribution in [3.63, 3.8) is 0 Å². The molecule has 1 aromatic rings. The second-order valence-electron chi connectivity index (χ2n) is 4.47. The van der Waals surface area contributed by atoms with Crippen molar-refractivity contribution in [2.24, 2.45) is 0 Å². The van der Waals surface area contributed by atoms with Crippen molar-refractivity contribution in [3.05, 3.63) is 48.0 Å². The fraction of sp³-hybridized carbons (Fsp3) is 0.400. The van der Waals surface area contributed by atoms with Crippen molar-refractivity contribution in [1.29, 1.82) is 0 Å². The molecule has 1 aliphatic heterocycles. The van der Waals surface area contributed by atoms with Crippen LogP contribution < -0.4 is 0 Å². The first-order valence-corrected chi connectivity index (χ1v) is 6.31. The topological polar surface area (TPSA) is 44.8 Å². The number of ether oxygens (including phenoxy) is 3. The third-order valence-electron chi connectivity index (χ3n) is 2.83. The molecule has 0 amide bonds. The molecular formula is C15H18O4. The van der Waals surface area contributed by atoms with Gasteiger partial charge in [0.25, 0.3) is 0 Å². The Balaban J connectivity index is 1.85. The minimum Gasteiger partial charge on any atom is -0.456 e. The van der Waals surface area contributed by atoms with Crippen LogP contribution in [-0.4, -0.2) is 24.5 Å². The third kappa shape index (κ3) is 4.19. The van der Waals surface area contributed by atoms with Crippen LogP contribution in [0.25, 0.3) is 0 Å². The van der Waals surface area contributed by atoms with Crippen LogP contribution in [0.2, 0.25) is 0 Å². The number of carbonyl (C=O) groups is 1. The summed E-state index contributed by atoms with van der Waals surface area (Å²) in [6, 6.07) is 9.90. The quantitative estimate of drug-likeness (QED) is 0.617. The van der Waals surface area contributed by atoms with Gasteiger partial charge >= 0.3 is 5.97 Å². The number of hydrogen-bond donors (Lipinski definition) is 0. The van der Waals surface area contributed by atoms with Gasteiger partial charge in [-0.2, -0.15) is 0 Å². The smallest absolute Gasteiger partial charge is 0.303 e. The van der Waals surface area contributed by atoms with Crippen LogP contribution in [-0.2, 0) is 25.6 Å². The molecule has 0 aliphatic carbocycles. The first-order chi connectivity index (χ1) is 9.15. The fourth-order valence-corrected chi connectivity index (χ4v) is 1.87. The zero-order chi connectivity index (χ0) is 13.7. The fourth-order valence-electron chi connectivity index (χ4n) is 1.87. The van der Waals surface area contributed by atoms with Crippen molar-refractivity contribution >= 4 is 5.97 Å². The molecular weight excluding hydrogens is 244 g/mol. The Labute approximate surface area is 113 Å². The lowest BCUT2D eigenvalue weighted by molar-refractivity contribution is -0.184. The molecule has 0 fully saturated rings. The third-order valence-corrected chi connectivity index (χ3v) is 2.83. The van der Waals surface area contributed by atoms with Crippen molar-refractivity contribution in [3.8, 4) is 0 Å². The summed E-state index contributed by atoms with van der Waals surface area (Å²) >= 11 is 0. The molecule has 1 aromatic carbocycles. The van der Waals surface area contributed by atoms with Crippen LogP contribution in [0, 0.1) is 0 Å². The number of hydrogen-bond acceptors (Lipinski definition) is 4. The molecule has 3 atom stereocenters. The zero-order valence-corrected chi connectivity index (χ0v) is 11.1. The van der Waals surface area contributed by atoms with Crippen LogP contribution in [0.4, 0.5) is 0 Å². The summed E-state index contributed by atoms with van der Waals surface area (Å²) in [5.41, 5.74) is 1.09. The average Bonchev–Trinajstić information content (AvgIpc) is 2.40. The van der Waals surface area contributed by atoms with Crippen molar-refractivity contribution in [2.75, 3.05) is 0 Å². The Morgan fingerprint density at radius 2 is 2.00 bits per heavy atom. The summed E-state index contributed by atoms with van der Waals surface area (Å²) in [6.45, 7) is 3.73. The largest absolute Gasteiger partial charge is 0.456 e. The summed E-state index contributed by atoms with van der Waals surface area (Å²) < 4.78 is 16.4. The van der Waals surface area contributed by atoms with E-state index in [0.29, 0.717) is 6.61 Å². The summed E-state index contributed by atoms with van der Waals surface area (Å²) in [5, 5.41) is 0. The van der Waals surface area contributed by atoms with Gasteiger partial charge in [-0.1, -0.05) is 30.3 Å². The Bertz CT molecular complexity index is 441. The molecule has 0 spiro atoms. The lowest BCUT2D eigenvalue weighted by Crippen LogP contribution is -2.36. The Hall–Kier alpha value is -1.65. The number of carbonyl (C=O) groups excluding carboxylic acids is 1. The first kappa shape index (κ1) is 13.8. The molecule has 1 aliphatic rings. The highest BCUT2D eigenvalue weighted by molar-refractivity contribution is 5.66. The SMILES string of the molecule is CC(=O)O[C@H]1C=C[C@@H](OCc2ccccc2)O[C@@H]1C. The molecule has 2 rings (SSSR count). The van der Waals surface area contributed by atoms with Crippen LogP contribution >= 0.6 is 0 Å². The second-order valence-corrected chi connectivity index (χ2v) is 4.47. The summed E-state index contributed by atoms with van der Waals surface area (Å²) in [7, 11) is 0. The Morgan fingerprint density at radius 3 is 2.63 bits per heavy atom. The van der Waals surface area contributed by atoms with Crippen LogP contribution in [0.15, 0.2) is 42.5 Å². The van der Waals surface area contributed by atoms with E-state index in [9.17, 15) is 4.79 Å². The van der Waals surface area contributed by atoms with E-state index in [1.54, 1.807) is 6.08 Å².